The number of hydrogen-bond acceptors (Lipinski definition) is 3. The molecular weight excluding hydrogens is 260 g/mol. The van der Waals surface area contributed by atoms with E-state index in [4.69, 9.17) is 4.74 Å². The maximum absolute atomic E-state index is 9.41. The highest BCUT2D eigenvalue weighted by molar-refractivity contribution is 5.49. The van der Waals surface area contributed by atoms with Crippen molar-refractivity contribution in [3.63, 3.8) is 0 Å². The van der Waals surface area contributed by atoms with E-state index in [2.05, 4.69) is 18.3 Å². The molecule has 0 spiro atoms. The quantitative estimate of drug-likeness (QED) is 0.849. The molecule has 21 heavy (non-hydrogen) atoms. The fourth-order valence-corrected chi connectivity index (χ4v) is 2.01. The van der Waals surface area contributed by atoms with Crippen LogP contribution in [0.15, 0.2) is 48.5 Å². The lowest BCUT2D eigenvalue weighted by atomic mass is 10.1. The van der Waals surface area contributed by atoms with E-state index >= 15 is 0 Å². The fraction of sp³-hybridized carbons (Fsp3) is 0.278. The monoisotopic (exact) mass is 280 g/mol. The van der Waals surface area contributed by atoms with Gasteiger partial charge in [-0.15, -0.1) is 0 Å². The SMILES string of the molecule is CCCOc1cccc(C(C#N)Nc2ccc(C)cc2)c1. The summed E-state index contributed by atoms with van der Waals surface area (Å²) in [6.07, 6.45) is 0.966. The lowest BCUT2D eigenvalue weighted by molar-refractivity contribution is 0.317. The molecule has 0 saturated heterocycles. The molecule has 1 atom stereocenters. The van der Waals surface area contributed by atoms with Gasteiger partial charge in [0.25, 0.3) is 0 Å². The van der Waals surface area contributed by atoms with E-state index in [-0.39, 0.29) is 0 Å². The van der Waals surface area contributed by atoms with Crippen LogP contribution in [0.4, 0.5) is 5.69 Å². The van der Waals surface area contributed by atoms with Crippen LogP contribution in [-0.2, 0) is 0 Å². The summed E-state index contributed by atoms with van der Waals surface area (Å²) < 4.78 is 5.62. The molecule has 0 bridgehead atoms. The topological polar surface area (TPSA) is 45.0 Å². The first kappa shape index (κ1) is 14.9. The first-order valence-electron chi connectivity index (χ1n) is 7.18. The number of hydrogen-bond donors (Lipinski definition) is 1. The number of ether oxygens (including phenoxy) is 1. The van der Waals surface area contributed by atoms with E-state index in [0.29, 0.717) is 6.61 Å². The maximum Gasteiger partial charge on any atom is 0.140 e. The molecule has 0 aliphatic carbocycles. The summed E-state index contributed by atoms with van der Waals surface area (Å²) in [4.78, 5) is 0. The lowest BCUT2D eigenvalue weighted by Gasteiger charge is -2.15. The summed E-state index contributed by atoms with van der Waals surface area (Å²) in [5, 5.41) is 12.6. The van der Waals surface area contributed by atoms with E-state index in [1.807, 2.05) is 55.5 Å². The molecule has 0 aromatic heterocycles. The Hall–Kier alpha value is -2.47. The van der Waals surface area contributed by atoms with Crippen LogP contribution >= 0.6 is 0 Å². The number of nitrogens with zero attached hydrogens (tertiary/aromatic N) is 1. The third-order valence-electron chi connectivity index (χ3n) is 3.16. The molecule has 0 amide bonds. The predicted molar refractivity (Wildman–Crippen MR) is 85.4 cm³/mol. The zero-order valence-corrected chi connectivity index (χ0v) is 12.5. The van der Waals surface area contributed by atoms with Crippen molar-refractivity contribution >= 4 is 5.69 Å². The molecule has 0 saturated carbocycles. The van der Waals surface area contributed by atoms with Crippen molar-refractivity contribution in [1.82, 2.24) is 0 Å². The molecule has 0 aliphatic rings. The van der Waals surface area contributed by atoms with Gasteiger partial charge < -0.3 is 10.1 Å². The Bertz CT molecular complexity index is 614. The van der Waals surface area contributed by atoms with Gasteiger partial charge >= 0.3 is 0 Å². The summed E-state index contributed by atoms with van der Waals surface area (Å²) in [6.45, 7) is 4.80. The fourth-order valence-electron chi connectivity index (χ4n) is 2.01. The molecule has 3 heteroatoms. The number of nitrogens with one attached hydrogen (secondary N) is 1. The van der Waals surface area contributed by atoms with E-state index in [1.54, 1.807) is 0 Å². The Balaban J connectivity index is 2.13. The Morgan fingerprint density at radius 1 is 1.19 bits per heavy atom. The normalized spacial score (nSPS) is 11.5. The van der Waals surface area contributed by atoms with Crippen LogP contribution in [-0.4, -0.2) is 6.61 Å². The molecule has 0 fully saturated rings. The molecule has 2 aromatic carbocycles. The summed E-state index contributed by atoms with van der Waals surface area (Å²) in [7, 11) is 0. The minimum atomic E-state index is -0.391. The minimum absolute atomic E-state index is 0.391. The number of benzene rings is 2. The van der Waals surface area contributed by atoms with Gasteiger partial charge in [-0.05, 0) is 43.2 Å². The second kappa shape index (κ2) is 7.35. The van der Waals surface area contributed by atoms with Gasteiger partial charge in [0.2, 0.25) is 0 Å². The van der Waals surface area contributed by atoms with Crippen LogP contribution in [0.1, 0.15) is 30.5 Å². The summed E-state index contributed by atoms with van der Waals surface area (Å²) in [5.74, 6) is 0.806. The largest absolute Gasteiger partial charge is 0.494 e. The lowest BCUT2D eigenvalue weighted by Crippen LogP contribution is -2.08. The Morgan fingerprint density at radius 3 is 2.62 bits per heavy atom. The zero-order chi connectivity index (χ0) is 15.1. The number of nitriles is 1. The number of rotatable bonds is 6. The zero-order valence-electron chi connectivity index (χ0n) is 12.5. The van der Waals surface area contributed by atoms with Crippen molar-refractivity contribution < 1.29 is 4.74 Å². The Kier molecular flexibility index (Phi) is 5.22. The van der Waals surface area contributed by atoms with Crippen LogP contribution in [0, 0.1) is 18.3 Å². The second-order valence-electron chi connectivity index (χ2n) is 4.99. The van der Waals surface area contributed by atoms with Crippen LogP contribution in [0.2, 0.25) is 0 Å². The van der Waals surface area contributed by atoms with Gasteiger partial charge in [-0.2, -0.15) is 5.26 Å². The van der Waals surface area contributed by atoms with Crippen molar-refractivity contribution in [2.24, 2.45) is 0 Å². The van der Waals surface area contributed by atoms with E-state index in [9.17, 15) is 5.26 Å². The molecular formula is C18H20N2O. The van der Waals surface area contributed by atoms with E-state index in [0.717, 1.165) is 23.4 Å². The maximum atomic E-state index is 9.41. The average Bonchev–Trinajstić information content (AvgIpc) is 2.52. The molecule has 0 aliphatic heterocycles. The van der Waals surface area contributed by atoms with E-state index < -0.39 is 6.04 Å². The predicted octanol–water partition coefficient (Wildman–Crippen LogP) is 4.46. The number of aryl methyl sites for hydroxylation is 1. The minimum Gasteiger partial charge on any atom is -0.494 e. The molecule has 1 unspecified atom stereocenters. The summed E-state index contributed by atoms with van der Waals surface area (Å²) in [5.41, 5.74) is 3.04. The van der Waals surface area contributed by atoms with Crippen molar-refractivity contribution in [1.29, 1.82) is 5.26 Å². The van der Waals surface area contributed by atoms with Crippen LogP contribution in [0.3, 0.4) is 0 Å². The Labute approximate surface area is 126 Å². The van der Waals surface area contributed by atoms with Gasteiger partial charge in [0, 0.05) is 5.69 Å². The first-order valence-corrected chi connectivity index (χ1v) is 7.18. The number of anilines is 1. The van der Waals surface area contributed by atoms with Crippen molar-refractivity contribution in [3.05, 3.63) is 59.7 Å². The highest BCUT2D eigenvalue weighted by Gasteiger charge is 2.11. The first-order chi connectivity index (χ1) is 10.2. The molecule has 2 rings (SSSR count). The third-order valence-corrected chi connectivity index (χ3v) is 3.16. The highest BCUT2D eigenvalue weighted by Crippen LogP contribution is 2.23. The summed E-state index contributed by atoms with van der Waals surface area (Å²) in [6, 6.07) is 17.6. The van der Waals surface area contributed by atoms with Gasteiger partial charge in [-0.1, -0.05) is 36.8 Å². The van der Waals surface area contributed by atoms with Gasteiger partial charge in [-0.25, -0.2) is 0 Å². The van der Waals surface area contributed by atoms with Crippen molar-refractivity contribution in [2.75, 3.05) is 11.9 Å². The van der Waals surface area contributed by atoms with Crippen LogP contribution in [0.5, 0.6) is 5.75 Å². The molecule has 0 radical (unpaired) electrons. The Morgan fingerprint density at radius 2 is 1.95 bits per heavy atom. The molecule has 108 valence electrons. The van der Waals surface area contributed by atoms with E-state index in [1.165, 1.54) is 5.56 Å². The smallest absolute Gasteiger partial charge is 0.140 e. The second-order valence-corrected chi connectivity index (χ2v) is 4.99. The third kappa shape index (κ3) is 4.25. The highest BCUT2D eigenvalue weighted by atomic mass is 16.5. The molecule has 1 N–H and O–H groups in total. The van der Waals surface area contributed by atoms with Crippen molar-refractivity contribution in [3.8, 4) is 11.8 Å². The standard InChI is InChI=1S/C18H20N2O/c1-3-11-21-17-6-4-5-15(12-17)18(13-19)20-16-9-7-14(2)8-10-16/h4-10,12,18,20H,3,11H2,1-2H3. The molecule has 0 heterocycles. The summed E-state index contributed by atoms with van der Waals surface area (Å²) >= 11 is 0. The van der Waals surface area contributed by atoms with Gasteiger partial charge in [0.05, 0.1) is 12.7 Å². The van der Waals surface area contributed by atoms with Crippen LogP contribution < -0.4 is 10.1 Å². The molecule has 3 nitrogen and oxygen atoms in total. The van der Waals surface area contributed by atoms with Crippen molar-refractivity contribution in [2.45, 2.75) is 26.3 Å². The van der Waals surface area contributed by atoms with Gasteiger partial charge in [0.15, 0.2) is 0 Å². The average molecular weight is 280 g/mol. The van der Waals surface area contributed by atoms with Gasteiger partial charge in [-0.3, -0.25) is 0 Å². The van der Waals surface area contributed by atoms with Crippen LogP contribution in [0.25, 0.3) is 0 Å². The van der Waals surface area contributed by atoms with Gasteiger partial charge in [0.1, 0.15) is 11.8 Å². The molecule has 2 aromatic rings.